The van der Waals surface area contributed by atoms with E-state index in [2.05, 4.69) is 9.59 Å². The van der Waals surface area contributed by atoms with Crippen LogP contribution in [0.4, 0.5) is 0 Å². The second-order valence-electron chi connectivity index (χ2n) is 3.55. The third kappa shape index (κ3) is 3.76. The van der Waals surface area contributed by atoms with Crippen LogP contribution in [0.1, 0.15) is 10.4 Å². The summed E-state index contributed by atoms with van der Waals surface area (Å²) in [6.07, 6.45) is 1.47. The average molecular weight is 289 g/mol. The monoisotopic (exact) mass is 288 g/mol. The van der Waals surface area contributed by atoms with Crippen LogP contribution in [-0.2, 0) is 21.3 Å². The molecular formula is C10H9ClN2O2S2. The van der Waals surface area contributed by atoms with E-state index in [1.165, 1.54) is 6.20 Å². The van der Waals surface area contributed by atoms with Gasteiger partial charge in [-0.1, -0.05) is 28.2 Å². The predicted molar refractivity (Wildman–Crippen MR) is 67.7 cm³/mol. The highest BCUT2D eigenvalue weighted by molar-refractivity contribution is 7.89. The van der Waals surface area contributed by atoms with Gasteiger partial charge in [0.15, 0.2) is 9.84 Å². The Balaban J connectivity index is 2.12. The number of rotatable bonds is 4. The van der Waals surface area contributed by atoms with Gasteiger partial charge in [0.2, 0.25) is 0 Å². The molecule has 0 atom stereocenters. The molecule has 0 aliphatic heterocycles. The summed E-state index contributed by atoms with van der Waals surface area (Å²) in [5, 5.41) is 4.15. The minimum absolute atomic E-state index is 0.0224. The lowest BCUT2D eigenvalue weighted by atomic mass is 10.2. The van der Waals surface area contributed by atoms with Gasteiger partial charge >= 0.3 is 0 Å². The van der Waals surface area contributed by atoms with Crippen molar-refractivity contribution >= 4 is 33.0 Å². The minimum Gasteiger partial charge on any atom is -0.228 e. The normalized spacial score (nSPS) is 11.6. The lowest BCUT2D eigenvalue weighted by Gasteiger charge is -2.03. The lowest BCUT2D eigenvalue weighted by molar-refractivity contribution is 0.595. The summed E-state index contributed by atoms with van der Waals surface area (Å²) < 4.78 is 27.4. The molecule has 1 aromatic carbocycles. The first-order chi connectivity index (χ1) is 8.05. The molecule has 4 nitrogen and oxygen atoms in total. The van der Waals surface area contributed by atoms with E-state index < -0.39 is 9.84 Å². The molecule has 7 heteroatoms. The molecule has 0 unspecified atom stereocenters. The molecule has 2 rings (SSSR count). The van der Waals surface area contributed by atoms with E-state index in [4.69, 9.17) is 11.6 Å². The van der Waals surface area contributed by atoms with Gasteiger partial charge in [0.1, 0.15) is 0 Å². The van der Waals surface area contributed by atoms with E-state index in [0.717, 1.165) is 11.5 Å². The molecule has 0 bridgehead atoms. The Morgan fingerprint density at radius 3 is 2.76 bits per heavy atom. The SMILES string of the molecule is O=S(=O)(Cc1cccc(Cl)c1)Cc1cnns1. The van der Waals surface area contributed by atoms with Crippen LogP contribution >= 0.6 is 23.1 Å². The number of halogens is 1. The highest BCUT2D eigenvalue weighted by atomic mass is 35.5. The van der Waals surface area contributed by atoms with Gasteiger partial charge in [-0.05, 0) is 29.2 Å². The van der Waals surface area contributed by atoms with Gasteiger partial charge in [0.25, 0.3) is 0 Å². The highest BCUT2D eigenvalue weighted by Gasteiger charge is 2.14. The Kier molecular flexibility index (Phi) is 3.76. The Bertz CT molecular complexity index is 597. The molecule has 17 heavy (non-hydrogen) atoms. The molecule has 0 saturated carbocycles. The fourth-order valence-corrected chi connectivity index (χ4v) is 3.95. The summed E-state index contributed by atoms with van der Waals surface area (Å²) >= 11 is 6.90. The predicted octanol–water partition coefficient (Wildman–Crippen LogP) is 2.31. The Morgan fingerprint density at radius 2 is 2.12 bits per heavy atom. The largest absolute Gasteiger partial charge is 0.228 e. The van der Waals surface area contributed by atoms with Gasteiger partial charge in [-0.3, -0.25) is 0 Å². The number of benzene rings is 1. The summed E-state index contributed by atoms with van der Waals surface area (Å²) in [4.78, 5) is 0.645. The summed E-state index contributed by atoms with van der Waals surface area (Å²) in [6.45, 7) is 0. The van der Waals surface area contributed by atoms with Crippen LogP contribution in [0.2, 0.25) is 5.02 Å². The molecule has 0 aliphatic carbocycles. The van der Waals surface area contributed by atoms with E-state index in [1.807, 2.05) is 0 Å². The van der Waals surface area contributed by atoms with Crippen molar-refractivity contribution in [3.63, 3.8) is 0 Å². The first-order valence-corrected chi connectivity index (χ1v) is 7.73. The zero-order valence-electron chi connectivity index (χ0n) is 8.71. The summed E-state index contributed by atoms with van der Waals surface area (Å²) in [5.41, 5.74) is 0.690. The molecular weight excluding hydrogens is 280 g/mol. The van der Waals surface area contributed by atoms with E-state index in [0.29, 0.717) is 15.5 Å². The van der Waals surface area contributed by atoms with Gasteiger partial charge in [0, 0.05) is 5.02 Å². The molecule has 0 fully saturated rings. The van der Waals surface area contributed by atoms with Crippen molar-refractivity contribution in [2.45, 2.75) is 11.5 Å². The topological polar surface area (TPSA) is 59.9 Å². The van der Waals surface area contributed by atoms with E-state index in [1.54, 1.807) is 24.3 Å². The van der Waals surface area contributed by atoms with Gasteiger partial charge < -0.3 is 0 Å². The number of nitrogens with zero attached hydrogens (tertiary/aromatic N) is 2. The van der Waals surface area contributed by atoms with Gasteiger partial charge in [0.05, 0.1) is 22.6 Å². The molecule has 0 saturated heterocycles. The van der Waals surface area contributed by atoms with Crippen molar-refractivity contribution in [3.8, 4) is 0 Å². The van der Waals surface area contributed by atoms with Crippen molar-refractivity contribution in [1.29, 1.82) is 0 Å². The van der Waals surface area contributed by atoms with E-state index in [9.17, 15) is 8.42 Å². The second kappa shape index (κ2) is 5.12. The molecule has 0 spiro atoms. The first-order valence-electron chi connectivity index (χ1n) is 4.76. The fourth-order valence-electron chi connectivity index (χ4n) is 1.40. The van der Waals surface area contributed by atoms with Crippen LogP contribution in [0.3, 0.4) is 0 Å². The van der Waals surface area contributed by atoms with Crippen molar-refractivity contribution in [2.24, 2.45) is 0 Å². The first kappa shape index (κ1) is 12.5. The van der Waals surface area contributed by atoms with Gasteiger partial charge in [-0.2, -0.15) is 0 Å². The summed E-state index contributed by atoms with van der Waals surface area (Å²) in [7, 11) is -3.20. The fraction of sp³-hybridized carbons (Fsp3) is 0.200. The third-order valence-corrected chi connectivity index (χ3v) is 4.65. The minimum atomic E-state index is -3.20. The molecule has 1 heterocycles. The van der Waals surface area contributed by atoms with Crippen molar-refractivity contribution in [2.75, 3.05) is 0 Å². The Hall–Kier alpha value is -0.980. The maximum atomic E-state index is 11.9. The van der Waals surface area contributed by atoms with Crippen LogP contribution < -0.4 is 0 Å². The number of aromatic nitrogens is 2. The average Bonchev–Trinajstić information content (AvgIpc) is 2.68. The Labute approximate surface area is 108 Å². The smallest absolute Gasteiger partial charge is 0.159 e. The Morgan fingerprint density at radius 1 is 1.29 bits per heavy atom. The number of hydrogen-bond acceptors (Lipinski definition) is 5. The van der Waals surface area contributed by atoms with Crippen LogP contribution in [0.25, 0.3) is 0 Å². The molecule has 0 radical (unpaired) electrons. The summed E-state index contributed by atoms with van der Waals surface area (Å²) in [5.74, 6) is -0.0529. The third-order valence-electron chi connectivity index (χ3n) is 2.04. The molecule has 90 valence electrons. The zero-order chi connectivity index (χ0) is 12.3. The molecule has 1 aromatic heterocycles. The van der Waals surface area contributed by atoms with Crippen LogP contribution in [0.5, 0.6) is 0 Å². The van der Waals surface area contributed by atoms with E-state index in [-0.39, 0.29) is 11.5 Å². The molecule has 0 aliphatic rings. The zero-order valence-corrected chi connectivity index (χ0v) is 11.1. The van der Waals surface area contributed by atoms with Gasteiger partial charge in [-0.15, -0.1) is 5.10 Å². The van der Waals surface area contributed by atoms with Crippen LogP contribution in [0, 0.1) is 0 Å². The maximum Gasteiger partial charge on any atom is 0.159 e. The van der Waals surface area contributed by atoms with Crippen molar-refractivity contribution < 1.29 is 8.42 Å². The summed E-state index contributed by atoms with van der Waals surface area (Å²) in [6, 6.07) is 6.85. The van der Waals surface area contributed by atoms with Crippen LogP contribution in [0.15, 0.2) is 30.5 Å². The lowest BCUT2D eigenvalue weighted by Crippen LogP contribution is -2.06. The highest BCUT2D eigenvalue weighted by Crippen LogP contribution is 2.16. The second-order valence-corrected chi connectivity index (χ2v) is 6.92. The van der Waals surface area contributed by atoms with E-state index >= 15 is 0 Å². The molecule has 2 aromatic rings. The van der Waals surface area contributed by atoms with Crippen LogP contribution in [-0.4, -0.2) is 18.0 Å². The van der Waals surface area contributed by atoms with Crippen molar-refractivity contribution in [3.05, 3.63) is 45.9 Å². The van der Waals surface area contributed by atoms with Gasteiger partial charge in [-0.25, -0.2) is 8.42 Å². The standard InChI is InChI=1S/C10H9ClN2O2S2/c11-9-3-1-2-8(4-9)6-17(14,15)7-10-5-12-13-16-10/h1-5H,6-7H2. The molecule has 0 N–H and O–H groups in total. The molecule has 0 amide bonds. The number of sulfone groups is 1. The van der Waals surface area contributed by atoms with Crippen molar-refractivity contribution in [1.82, 2.24) is 9.59 Å². The number of hydrogen-bond donors (Lipinski definition) is 0. The maximum absolute atomic E-state index is 11.9. The quantitative estimate of drug-likeness (QED) is 0.866.